The van der Waals surface area contributed by atoms with Gasteiger partial charge < -0.3 is 0 Å². The minimum absolute atomic E-state index is 1.02. The van der Waals surface area contributed by atoms with Crippen molar-refractivity contribution in [3.05, 3.63) is 97.1 Å². The Hall–Kier alpha value is -3.65. The first kappa shape index (κ1) is 14.5. The molecule has 2 heteroatoms. The molecule has 4 aromatic carbocycles. The summed E-state index contributed by atoms with van der Waals surface area (Å²) >= 11 is 0. The number of rotatable bonds is 1. The molecule has 0 N–H and O–H groups in total. The van der Waals surface area contributed by atoms with Gasteiger partial charge in [-0.05, 0) is 34.4 Å². The summed E-state index contributed by atoms with van der Waals surface area (Å²) in [7, 11) is 0. The van der Waals surface area contributed by atoms with Crippen LogP contribution >= 0.6 is 0 Å². The zero-order valence-corrected chi connectivity index (χ0v) is 14.6. The van der Waals surface area contributed by atoms with Gasteiger partial charge in [0.25, 0.3) is 0 Å². The van der Waals surface area contributed by atoms with E-state index < -0.39 is 0 Å². The third-order valence-corrected chi connectivity index (χ3v) is 5.36. The second kappa shape index (κ2) is 5.42. The van der Waals surface area contributed by atoms with E-state index in [1.54, 1.807) is 0 Å². The fourth-order valence-electron chi connectivity index (χ4n) is 4.07. The molecule has 0 saturated carbocycles. The Bertz CT molecular complexity index is 1470. The highest BCUT2D eigenvalue weighted by molar-refractivity contribution is 6.11. The largest absolute Gasteiger partial charge is 0.231 e. The van der Waals surface area contributed by atoms with Crippen LogP contribution in [0.3, 0.4) is 0 Å². The van der Waals surface area contributed by atoms with E-state index >= 15 is 0 Å². The highest BCUT2D eigenvalue weighted by Crippen LogP contribution is 2.33. The third-order valence-electron chi connectivity index (χ3n) is 5.36. The summed E-state index contributed by atoms with van der Waals surface area (Å²) in [6, 6.07) is 34.3. The van der Waals surface area contributed by atoms with Crippen molar-refractivity contribution in [2.75, 3.05) is 0 Å². The lowest BCUT2D eigenvalue weighted by molar-refractivity contribution is 0.997. The predicted octanol–water partition coefficient (Wildman–Crippen LogP) is 6.46. The monoisotopic (exact) mass is 344 g/mol. The number of benzene rings is 4. The fraction of sp³-hybridized carbons (Fsp3) is 0. The summed E-state index contributed by atoms with van der Waals surface area (Å²) in [6.45, 7) is 0. The molecule has 0 atom stereocenters. The lowest BCUT2D eigenvalue weighted by Gasteiger charge is -2.10. The van der Waals surface area contributed by atoms with Gasteiger partial charge in [-0.2, -0.15) is 5.10 Å². The molecule has 0 bridgehead atoms. The maximum atomic E-state index is 4.94. The molecule has 6 aromatic rings. The fourth-order valence-corrected chi connectivity index (χ4v) is 4.07. The quantitative estimate of drug-likeness (QED) is 0.334. The van der Waals surface area contributed by atoms with Gasteiger partial charge in [-0.15, -0.1) is 0 Å². The molecule has 0 fully saturated rings. The molecular weight excluding hydrogens is 328 g/mol. The van der Waals surface area contributed by atoms with Crippen LogP contribution in [-0.4, -0.2) is 9.61 Å². The van der Waals surface area contributed by atoms with E-state index in [1.165, 1.54) is 38.0 Å². The normalized spacial score (nSPS) is 11.7. The Kier molecular flexibility index (Phi) is 2.91. The molecule has 0 aliphatic carbocycles. The highest BCUT2D eigenvalue weighted by atomic mass is 15.2. The minimum Gasteiger partial charge on any atom is -0.231 e. The SMILES string of the molecule is c1ccc2cc(-c3cc4ccccc4c4c5ccccc5nn34)ccc2c1. The van der Waals surface area contributed by atoms with Crippen LogP contribution in [0.4, 0.5) is 0 Å². The van der Waals surface area contributed by atoms with E-state index in [0.717, 1.165) is 11.2 Å². The lowest BCUT2D eigenvalue weighted by Crippen LogP contribution is -1.95. The Morgan fingerprint density at radius 2 is 1.26 bits per heavy atom. The van der Waals surface area contributed by atoms with Crippen molar-refractivity contribution in [1.29, 1.82) is 0 Å². The molecule has 0 aliphatic rings. The summed E-state index contributed by atoms with van der Waals surface area (Å²) < 4.78 is 2.11. The molecule has 2 aromatic heterocycles. The average Bonchev–Trinajstić information content (AvgIpc) is 3.13. The second-order valence-electron chi connectivity index (χ2n) is 6.96. The number of fused-ring (bicyclic) bond motifs is 6. The van der Waals surface area contributed by atoms with Crippen LogP contribution in [0.2, 0.25) is 0 Å². The zero-order chi connectivity index (χ0) is 17.8. The molecule has 0 aliphatic heterocycles. The van der Waals surface area contributed by atoms with Crippen molar-refractivity contribution >= 4 is 38.0 Å². The van der Waals surface area contributed by atoms with Gasteiger partial charge in [0.05, 0.1) is 16.7 Å². The first-order chi connectivity index (χ1) is 13.4. The second-order valence-corrected chi connectivity index (χ2v) is 6.96. The highest BCUT2D eigenvalue weighted by Gasteiger charge is 2.13. The summed E-state index contributed by atoms with van der Waals surface area (Å²) in [5, 5.41) is 11.1. The van der Waals surface area contributed by atoms with Crippen LogP contribution in [0.5, 0.6) is 0 Å². The summed E-state index contributed by atoms with van der Waals surface area (Å²) in [5.74, 6) is 0. The number of pyridine rings is 1. The van der Waals surface area contributed by atoms with Crippen LogP contribution < -0.4 is 0 Å². The van der Waals surface area contributed by atoms with E-state index in [1.807, 2.05) is 6.07 Å². The lowest BCUT2D eigenvalue weighted by atomic mass is 10.0. The van der Waals surface area contributed by atoms with Crippen LogP contribution in [-0.2, 0) is 0 Å². The topological polar surface area (TPSA) is 17.3 Å². The molecule has 0 spiro atoms. The Morgan fingerprint density at radius 1 is 0.556 bits per heavy atom. The Morgan fingerprint density at radius 3 is 2.15 bits per heavy atom. The van der Waals surface area contributed by atoms with Crippen molar-refractivity contribution in [1.82, 2.24) is 9.61 Å². The van der Waals surface area contributed by atoms with Crippen molar-refractivity contribution in [2.45, 2.75) is 0 Å². The van der Waals surface area contributed by atoms with E-state index in [9.17, 15) is 0 Å². The molecule has 0 saturated heterocycles. The van der Waals surface area contributed by atoms with Gasteiger partial charge >= 0.3 is 0 Å². The van der Waals surface area contributed by atoms with Gasteiger partial charge in [-0.3, -0.25) is 0 Å². The maximum Gasteiger partial charge on any atom is 0.0934 e. The zero-order valence-electron chi connectivity index (χ0n) is 14.6. The molecule has 2 heterocycles. The van der Waals surface area contributed by atoms with Gasteiger partial charge in [0, 0.05) is 16.3 Å². The molecular formula is C25H16N2. The molecule has 0 unspecified atom stereocenters. The van der Waals surface area contributed by atoms with Crippen molar-refractivity contribution in [3.8, 4) is 11.3 Å². The number of nitrogens with zero attached hydrogens (tertiary/aromatic N) is 2. The molecule has 2 nitrogen and oxygen atoms in total. The van der Waals surface area contributed by atoms with Crippen LogP contribution in [0.1, 0.15) is 0 Å². The summed E-state index contributed by atoms with van der Waals surface area (Å²) in [5.41, 5.74) is 4.49. The molecule has 0 radical (unpaired) electrons. The molecule has 6 rings (SSSR count). The summed E-state index contributed by atoms with van der Waals surface area (Å²) in [6.07, 6.45) is 0. The van der Waals surface area contributed by atoms with Gasteiger partial charge in [0.2, 0.25) is 0 Å². The van der Waals surface area contributed by atoms with Crippen LogP contribution in [0.15, 0.2) is 97.1 Å². The van der Waals surface area contributed by atoms with Crippen LogP contribution in [0, 0.1) is 0 Å². The van der Waals surface area contributed by atoms with Crippen molar-refractivity contribution in [2.24, 2.45) is 0 Å². The van der Waals surface area contributed by atoms with Crippen LogP contribution in [0.25, 0.3) is 49.2 Å². The van der Waals surface area contributed by atoms with Gasteiger partial charge in [-0.25, -0.2) is 4.52 Å². The number of hydrogen-bond acceptors (Lipinski definition) is 1. The van der Waals surface area contributed by atoms with Crippen molar-refractivity contribution in [3.63, 3.8) is 0 Å². The molecule has 27 heavy (non-hydrogen) atoms. The average molecular weight is 344 g/mol. The van der Waals surface area contributed by atoms with E-state index in [2.05, 4.69) is 95.5 Å². The minimum atomic E-state index is 1.02. The maximum absolute atomic E-state index is 4.94. The Labute approximate surface area is 156 Å². The van der Waals surface area contributed by atoms with E-state index in [0.29, 0.717) is 0 Å². The van der Waals surface area contributed by atoms with Crippen molar-refractivity contribution < 1.29 is 0 Å². The molecule has 126 valence electrons. The smallest absolute Gasteiger partial charge is 0.0934 e. The van der Waals surface area contributed by atoms with Gasteiger partial charge in [-0.1, -0.05) is 78.9 Å². The first-order valence-electron chi connectivity index (χ1n) is 9.17. The molecule has 0 amide bonds. The summed E-state index contributed by atoms with van der Waals surface area (Å²) in [4.78, 5) is 0. The van der Waals surface area contributed by atoms with Gasteiger partial charge in [0.1, 0.15) is 0 Å². The number of hydrogen-bond donors (Lipinski definition) is 0. The predicted molar refractivity (Wildman–Crippen MR) is 113 cm³/mol. The van der Waals surface area contributed by atoms with Gasteiger partial charge in [0.15, 0.2) is 0 Å². The first-order valence-corrected chi connectivity index (χ1v) is 9.17. The van der Waals surface area contributed by atoms with E-state index in [-0.39, 0.29) is 0 Å². The van der Waals surface area contributed by atoms with E-state index in [4.69, 9.17) is 5.10 Å². The Balaban J connectivity index is 1.79. The standard InChI is InChI=1S/C25H16N2/c1-2-8-18-15-20(14-13-17(18)7-1)24-16-19-9-3-4-10-21(19)25-22-11-5-6-12-23(22)26-27(24)25/h1-16H. The number of aromatic nitrogens is 2. The third kappa shape index (κ3) is 2.10.